The largest absolute Gasteiger partial charge is 0.339 e. The van der Waals surface area contributed by atoms with Gasteiger partial charge in [0.15, 0.2) is 5.11 Å². The van der Waals surface area contributed by atoms with Gasteiger partial charge >= 0.3 is 0 Å². The number of anilines is 1. The molecule has 0 bridgehead atoms. The SMILES string of the molecule is Cc1cc(Br)c(NC(=S)N[C@@H](NC(=O)c2cccc(Cl)c2)C(Cl)(Cl)Cl)c(Br)c1. The Hall–Kier alpha value is -0.280. The lowest BCUT2D eigenvalue weighted by Gasteiger charge is -2.28. The molecule has 3 N–H and O–H groups in total. The maximum absolute atomic E-state index is 12.5. The topological polar surface area (TPSA) is 53.2 Å². The number of benzene rings is 2. The molecule has 0 saturated heterocycles. The van der Waals surface area contributed by atoms with Gasteiger partial charge in [-0.15, -0.1) is 0 Å². The van der Waals surface area contributed by atoms with Crippen molar-refractivity contribution in [2.75, 3.05) is 5.32 Å². The number of alkyl halides is 3. The van der Waals surface area contributed by atoms with Crippen molar-refractivity contribution in [1.82, 2.24) is 10.6 Å². The van der Waals surface area contributed by atoms with E-state index in [9.17, 15) is 4.79 Å². The van der Waals surface area contributed by atoms with Crippen LogP contribution in [0.3, 0.4) is 0 Å². The first kappa shape index (κ1) is 24.0. The zero-order valence-electron chi connectivity index (χ0n) is 14.1. The number of rotatable bonds is 4. The summed E-state index contributed by atoms with van der Waals surface area (Å²) in [4.78, 5) is 12.5. The van der Waals surface area contributed by atoms with E-state index in [-0.39, 0.29) is 5.11 Å². The van der Waals surface area contributed by atoms with Gasteiger partial charge in [-0.2, -0.15) is 0 Å². The van der Waals surface area contributed by atoms with Crippen LogP contribution in [0.2, 0.25) is 5.02 Å². The quantitative estimate of drug-likeness (QED) is 0.208. The summed E-state index contributed by atoms with van der Waals surface area (Å²) in [5.41, 5.74) is 2.06. The van der Waals surface area contributed by atoms with E-state index in [1.165, 1.54) is 6.07 Å². The van der Waals surface area contributed by atoms with Crippen molar-refractivity contribution in [3.8, 4) is 0 Å². The molecular weight excluding hydrogens is 596 g/mol. The molecule has 1 amide bonds. The molecule has 0 aliphatic carbocycles. The average molecular weight is 609 g/mol. The lowest BCUT2D eigenvalue weighted by molar-refractivity contribution is 0.0934. The Morgan fingerprint density at radius 1 is 1.11 bits per heavy atom. The molecule has 0 fully saturated rings. The summed E-state index contributed by atoms with van der Waals surface area (Å²) in [7, 11) is 0. The van der Waals surface area contributed by atoms with E-state index in [1.807, 2.05) is 19.1 Å². The highest BCUT2D eigenvalue weighted by Crippen LogP contribution is 2.33. The van der Waals surface area contributed by atoms with E-state index < -0.39 is 15.9 Å². The van der Waals surface area contributed by atoms with Crippen LogP contribution in [0, 0.1) is 6.92 Å². The van der Waals surface area contributed by atoms with Crippen molar-refractivity contribution in [2.45, 2.75) is 16.9 Å². The van der Waals surface area contributed by atoms with Crippen molar-refractivity contribution in [3.05, 3.63) is 61.5 Å². The van der Waals surface area contributed by atoms with Crippen LogP contribution in [0.4, 0.5) is 5.69 Å². The Labute approximate surface area is 204 Å². The fourth-order valence-electron chi connectivity index (χ4n) is 2.14. The molecule has 0 aromatic heterocycles. The molecule has 0 aliphatic heterocycles. The third-order valence-electron chi connectivity index (χ3n) is 3.39. The lowest BCUT2D eigenvalue weighted by Crippen LogP contribution is -2.56. The zero-order chi connectivity index (χ0) is 21.1. The predicted octanol–water partition coefficient (Wildman–Crippen LogP) is 6.59. The van der Waals surface area contributed by atoms with E-state index in [4.69, 9.17) is 58.6 Å². The molecule has 2 rings (SSSR count). The van der Waals surface area contributed by atoms with Crippen molar-refractivity contribution in [1.29, 1.82) is 0 Å². The molecule has 150 valence electrons. The van der Waals surface area contributed by atoms with Gasteiger partial charge in [0.25, 0.3) is 5.91 Å². The molecule has 4 nitrogen and oxygen atoms in total. The lowest BCUT2D eigenvalue weighted by atomic mass is 10.2. The highest BCUT2D eigenvalue weighted by molar-refractivity contribution is 9.11. The molecule has 0 radical (unpaired) electrons. The van der Waals surface area contributed by atoms with Crippen LogP contribution in [0.5, 0.6) is 0 Å². The maximum Gasteiger partial charge on any atom is 0.253 e. The van der Waals surface area contributed by atoms with Crippen LogP contribution in [0.15, 0.2) is 45.3 Å². The highest BCUT2D eigenvalue weighted by Gasteiger charge is 2.35. The van der Waals surface area contributed by atoms with Crippen LogP contribution >= 0.6 is 90.5 Å². The monoisotopic (exact) mass is 605 g/mol. The summed E-state index contributed by atoms with van der Waals surface area (Å²) >= 11 is 36.2. The summed E-state index contributed by atoms with van der Waals surface area (Å²) < 4.78 is -0.296. The molecule has 1 atom stereocenters. The van der Waals surface area contributed by atoms with Crippen molar-refractivity contribution >= 4 is 107 Å². The van der Waals surface area contributed by atoms with Gasteiger partial charge in [0.05, 0.1) is 5.69 Å². The number of nitrogens with one attached hydrogen (secondary N) is 3. The number of amides is 1. The van der Waals surface area contributed by atoms with Crippen molar-refractivity contribution in [3.63, 3.8) is 0 Å². The van der Waals surface area contributed by atoms with E-state index in [2.05, 4.69) is 47.8 Å². The number of aryl methyl sites for hydroxylation is 1. The van der Waals surface area contributed by atoms with Crippen molar-refractivity contribution < 1.29 is 4.79 Å². The number of carbonyl (C=O) groups is 1. The molecule has 2 aromatic carbocycles. The number of carbonyl (C=O) groups excluding carboxylic acids is 1. The Bertz CT molecular complexity index is 885. The number of hydrogen-bond donors (Lipinski definition) is 3. The summed E-state index contributed by atoms with van der Waals surface area (Å²) in [6, 6.07) is 10.2. The average Bonchev–Trinajstić information content (AvgIpc) is 2.56. The van der Waals surface area contributed by atoms with E-state index in [1.54, 1.807) is 18.2 Å². The third kappa shape index (κ3) is 6.90. The Balaban J connectivity index is 2.14. The maximum atomic E-state index is 12.5. The van der Waals surface area contributed by atoms with Gasteiger partial charge in [0, 0.05) is 19.5 Å². The van der Waals surface area contributed by atoms with Gasteiger partial charge in [0.1, 0.15) is 6.17 Å². The zero-order valence-corrected chi connectivity index (χ0v) is 21.1. The molecule has 28 heavy (non-hydrogen) atoms. The van der Waals surface area contributed by atoms with Gasteiger partial charge in [-0.25, -0.2) is 0 Å². The standard InChI is InChI=1S/C17H13Br2Cl4N3OS/c1-8-5-11(18)13(12(19)6-8)24-16(28)26-15(17(21,22)23)25-14(27)9-3-2-4-10(20)7-9/h2-7,15H,1H3,(H,25,27)(H2,24,26,28)/t15-/m1/s1. The van der Waals surface area contributed by atoms with Gasteiger partial charge in [0.2, 0.25) is 3.79 Å². The third-order valence-corrected chi connectivity index (χ3v) is 5.75. The Morgan fingerprint density at radius 3 is 2.25 bits per heavy atom. The summed E-state index contributed by atoms with van der Waals surface area (Å²) in [5, 5.41) is 8.98. The van der Waals surface area contributed by atoms with Gasteiger partial charge in [-0.1, -0.05) is 52.5 Å². The van der Waals surface area contributed by atoms with Crippen LogP contribution in [0.25, 0.3) is 0 Å². The molecule has 0 saturated carbocycles. The highest BCUT2D eigenvalue weighted by atomic mass is 79.9. The fraction of sp³-hybridized carbons (Fsp3) is 0.176. The minimum Gasteiger partial charge on any atom is -0.339 e. The summed E-state index contributed by atoms with van der Waals surface area (Å²) in [5.74, 6) is -0.480. The molecule has 0 aliphatic rings. The van der Waals surface area contributed by atoms with Crippen molar-refractivity contribution in [2.24, 2.45) is 0 Å². The van der Waals surface area contributed by atoms with Gasteiger partial charge in [-0.3, -0.25) is 4.79 Å². The normalized spacial score (nSPS) is 12.2. The summed E-state index contributed by atoms with van der Waals surface area (Å²) in [6.45, 7) is 1.96. The molecule has 0 unspecified atom stereocenters. The first-order valence-corrected chi connectivity index (χ1v) is 11.1. The number of halogens is 6. The second-order valence-electron chi connectivity index (χ2n) is 5.66. The van der Waals surface area contributed by atoms with Gasteiger partial charge in [-0.05, 0) is 86.9 Å². The van der Waals surface area contributed by atoms with E-state index in [0.29, 0.717) is 16.3 Å². The first-order chi connectivity index (χ1) is 13.0. The molecular formula is C17H13Br2Cl4N3OS. The number of thiocarbonyl (C=S) groups is 1. The van der Waals surface area contributed by atoms with Crippen LogP contribution < -0.4 is 16.0 Å². The minimum absolute atomic E-state index is 0.146. The fourth-order valence-corrected chi connectivity index (χ4v) is 4.50. The van der Waals surface area contributed by atoms with E-state index in [0.717, 1.165) is 14.5 Å². The second kappa shape index (κ2) is 10.2. The van der Waals surface area contributed by atoms with Crippen LogP contribution in [-0.2, 0) is 0 Å². The van der Waals surface area contributed by atoms with Crippen LogP contribution in [0.1, 0.15) is 15.9 Å². The van der Waals surface area contributed by atoms with Crippen LogP contribution in [-0.4, -0.2) is 21.0 Å². The second-order valence-corrected chi connectivity index (χ2v) is 10.6. The Kier molecular flexibility index (Phi) is 8.70. The summed E-state index contributed by atoms with van der Waals surface area (Å²) in [6.07, 6.45) is -1.10. The van der Waals surface area contributed by atoms with E-state index >= 15 is 0 Å². The number of hydrogen-bond acceptors (Lipinski definition) is 2. The first-order valence-electron chi connectivity index (χ1n) is 7.63. The Morgan fingerprint density at radius 2 is 1.71 bits per heavy atom. The molecule has 0 spiro atoms. The molecule has 0 heterocycles. The van der Waals surface area contributed by atoms with Gasteiger partial charge < -0.3 is 16.0 Å². The molecule has 2 aromatic rings. The smallest absolute Gasteiger partial charge is 0.253 e. The minimum atomic E-state index is -1.87. The predicted molar refractivity (Wildman–Crippen MR) is 129 cm³/mol. The molecule has 11 heteroatoms.